The first-order valence-electron chi connectivity index (χ1n) is 9.91. The van der Waals surface area contributed by atoms with Crippen LogP contribution in [-0.4, -0.2) is 30.6 Å². The molecule has 3 rings (SSSR count). The lowest BCUT2D eigenvalue weighted by molar-refractivity contribution is 0.0957. The summed E-state index contributed by atoms with van der Waals surface area (Å²) in [5.74, 6) is 1.36. The third-order valence-corrected chi connectivity index (χ3v) is 5.86. The average Bonchev–Trinajstić information content (AvgIpc) is 3.12. The van der Waals surface area contributed by atoms with Crippen LogP contribution in [0.2, 0.25) is 5.02 Å². The number of aromatic nitrogens is 1. The van der Waals surface area contributed by atoms with Crippen molar-refractivity contribution < 1.29 is 14.3 Å². The predicted molar refractivity (Wildman–Crippen MR) is 122 cm³/mol. The summed E-state index contributed by atoms with van der Waals surface area (Å²) in [6.45, 7) is 7.41. The molecule has 0 spiro atoms. The van der Waals surface area contributed by atoms with Crippen LogP contribution in [0.15, 0.2) is 42.5 Å². The van der Waals surface area contributed by atoms with E-state index in [1.807, 2.05) is 63.2 Å². The summed E-state index contributed by atoms with van der Waals surface area (Å²) in [5, 5.41) is 4.47. The van der Waals surface area contributed by atoms with Crippen molar-refractivity contribution in [2.45, 2.75) is 27.2 Å². The van der Waals surface area contributed by atoms with Gasteiger partial charge < -0.3 is 14.8 Å². The first kappa shape index (κ1) is 22.1. The van der Waals surface area contributed by atoms with Gasteiger partial charge in [0.1, 0.15) is 9.88 Å². The molecule has 30 heavy (non-hydrogen) atoms. The van der Waals surface area contributed by atoms with E-state index in [9.17, 15) is 4.79 Å². The first-order valence-corrected chi connectivity index (χ1v) is 11.1. The van der Waals surface area contributed by atoms with Crippen molar-refractivity contribution in [1.29, 1.82) is 0 Å². The van der Waals surface area contributed by atoms with Crippen LogP contribution in [0.25, 0.3) is 10.6 Å². The summed E-state index contributed by atoms with van der Waals surface area (Å²) < 4.78 is 11.3. The maximum absolute atomic E-state index is 12.7. The Balaban J connectivity index is 1.62. The molecule has 3 aromatic rings. The Kier molecular flexibility index (Phi) is 7.71. The van der Waals surface area contributed by atoms with E-state index in [-0.39, 0.29) is 5.91 Å². The van der Waals surface area contributed by atoms with Gasteiger partial charge in [-0.2, -0.15) is 0 Å². The molecule has 2 aromatic carbocycles. The number of aryl methyl sites for hydroxylation is 1. The number of halogens is 1. The predicted octanol–water partition coefficient (Wildman–Crippen LogP) is 5.54. The van der Waals surface area contributed by atoms with Gasteiger partial charge in [0.25, 0.3) is 5.91 Å². The fraction of sp³-hybridized carbons (Fsp3) is 0.304. The molecule has 1 amide bonds. The second kappa shape index (κ2) is 10.5. The fourth-order valence-corrected chi connectivity index (χ4v) is 4.09. The third kappa shape index (κ3) is 5.52. The number of thiazole rings is 1. The molecule has 0 aliphatic rings. The van der Waals surface area contributed by atoms with Crippen LogP contribution in [0.1, 0.15) is 34.8 Å². The van der Waals surface area contributed by atoms with E-state index in [2.05, 4.69) is 10.3 Å². The van der Waals surface area contributed by atoms with Crippen molar-refractivity contribution in [3.8, 4) is 22.1 Å². The summed E-state index contributed by atoms with van der Waals surface area (Å²) in [6.07, 6.45) is 0.695. The largest absolute Gasteiger partial charge is 0.490 e. The molecular weight excluding hydrogens is 420 g/mol. The summed E-state index contributed by atoms with van der Waals surface area (Å²) in [6, 6.07) is 13.3. The van der Waals surface area contributed by atoms with Crippen LogP contribution in [0.5, 0.6) is 11.5 Å². The van der Waals surface area contributed by atoms with E-state index in [1.165, 1.54) is 11.3 Å². The van der Waals surface area contributed by atoms with Gasteiger partial charge in [0.15, 0.2) is 11.5 Å². The summed E-state index contributed by atoms with van der Waals surface area (Å²) in [5.41, 5.74) is 2.75. The topological polar surface area (TPSA) is 60.5 Å². The van der Waals surface area contributed by atoms with Gasteiger partial charge in [0.05, 0.1) is 18.9 Å². The Hall–Kier alpha value is -2.57. The Morgan fingerprint density at radius 3 is 2.47 bits per heavy atom. The highest BCUT2D eigenvalue weighted by atomic mass is 35.5. The minimum absolute atomic E-state index is 0.110. The molecule has 7 heteroatoms. The smallest absolute Gasteiger partial charge is 0.263 e. The minimum atomic E-state index is -0.110. The standard InChI is InChI=1S/C23H25ClN2O3S/c1-4-28-19-11-6-16(14-20(19)29-5-2)12-13-25-22(27)21-15(3)26-23(30-21)17-7-9-18(24)10-8-17/h6-11,14H,4-5,12-13H2,1-3H3,(H,25,27). The maximum Gasteiger partial charge on any atom is 0.263 e. The number of amides is 1. The third-order valence-electron chi connectivity index (χ3n) is 4.40. The van der Waals surface area contributed by atoms with Crippen LogP contribution in [0.3, 0.4) is 0 Å². The Morgan fingerprint density at radius 2 is 1.77 bits per heavy atom. The van der Waals surface area contributed by atoms with E-state index in [0.717, 1.165) is 33.3 Å². The molecule has 0 saturated heterocycles. The van der Waals surface area contributed by atoms with Gasteiger partial charge in [-0.25, -0.2) is 4.98 Å². The van der Waals surface area contributed by atoms with Crippen LogP contribution in [0, 0.1) is 6.92 Å². The molecule has 0 bridgehead atoms. The number of rotatable bonds is 9. The molecule has 0 unspecified atom stereocenters. The number of benzene rings is 2. The molecule has 0 atom stereocenters. The molecule has 5 nitrogen and oxygen atoms in total. The van der Waals surface area contributed by atoms with E-state index in [4.69, 9.17) is 21.1 Å². The van der Waals surface area contributed by atoms with Crippen LogP contribution in [0.4, 0.5) is 0 Å². The second-order valence-corrected chi connectivity index (χ2v) is 8.03. The number of hydrogen-bond donors (Lipinski definition) is 1. The number of nitrogens with one attached hydrogen (secondary N) is 1. The van der Waals surface area contributed by atoms with Crippen molar-refractivity contribution >= 4 is 28.8 Å². The van der Waals surface area contributed by atoms with Gasteiger partial charge in [0, 0.05) is 17.1 Å². The number of carbonyl (C=O) groups is 1. The van der Waals surface area contributed by atoms with Crippen molar-refractivity contribution in [2.24, 2.45) is 0 Å². The minimum Gasteiger partial charge on any atom is -0.490 e. The Bertz CT molecular complexity index is 1000. The molecule has 0 fully saturated rings. The Labute approximate surface area is 186 Å². The quantitative estimate of drug-likeness (QED) is 0.470. The highest BCUT2D eigenvalue weighted by Crippen LogP contribution is 2.30. The number of hydrogen-bond acceptors (Lipinski definition) is 5. The zero-order chi connectivity index (χ0) is 21.5. The number of carbonyl (C=O) groups excluding carboxylic acids is 1. The monoisotopic (exact) mass is 444 g/mol. The summed E-state index contributed by atoms with van der Waals surface area (Å²) >= 11 is 7.34. The number of nitrogens with zero attached hydrogens (tertiary/aromatic N) is 1. The van der Waals surface area contributed by atoms with Gasteiger partial charge in [-0.15, -0.1) is 11.3 Å². The lowest BCUT2D eigenvalue weighted by Gasteiger charge is -2.12. The maximum atomic E-state index is 12.7. The van der Waals surface area contributed by atoms with Gasteiger partial charge in [-0.1, -0.05) is 29.8 Å². The van der Waals surface area contributed by atoms with Gasteiger partial charge in [-0.3, -0.25) is 4.79 Å². The van der Waals surface area contributed by atoms with Crippen LogP contribution in [-0.2, 0) is 6.42 Å². The molecular formula is C23H25ClN2O3S. The molecule has 1 N–H and O–H groups in total. The van der Waals surface area contributed by atoms with E-state index < -0.39 is 0 Å². The van der Waals surface area contributed by atoms with Crippen molar-refractivity contribution in [2.75, 3.05) is 19.8 Å². The van der Waals surface area contributed by atoms with Crippen molar-refractivity contribution in [3.63, 3.8) is 0 Å². The van der Waals surface area contributed by atoms with E-state index >= 15 is 0 Å². The first-order chi connectivity index (χ1) is 14.5. The molecule has 158 valence electrons. The highest BCUT2D eigenvalue weighted by molar-refractivity contribution is 7.17. The lowest BCUT2D eigenvalue weighted by atomic mass is 10.1. The lowest BCUT2D eigenvalue weighted by Crippen LogP contribution is -2.25. The summed E-state index contributed by atoms with van der Waals surface area (Å²) in [7, 11) is 0. The second-order valence-electron chi connectivity index (χ2n) is 6.59. The molecule has 1 heterocycles. The van der Waals surface area contributed by atoms with Crippen LogP contribution >= 0.6 is 22.9 Å². The Morgan fingerprint density at radius 1 is 1.07 bits per heavy atom. The SMILES string of the molecule is CCOc1ccc(CCNC(=O)c2sc(-c3ccc(Cl)cc3)nc2C)cc1OCC. The van der Waals surface area contributed by atoms with Crippen LogP contribution < -0.4 is 14.8 Å². The molecule has 0 aliphatic heterocycles. The van der Waals surface area contributed by atoms with E-state index in [1.54, 1.807) is 0 Å². The van der Waals surface area contributed by atoms with Gasteiger partial charge in [-0.05, 0) is 57.0 Å². The molecule has 1 aromatic heterocycles. The zero-order valence-corrected chi connectivity index (χ0v) is 18.9. The van der Waals surface area contributed by atoms with E-state index in [0.29, 0.717) is 36.1 Å². The normalized spacial score (nSPS) is 10.7. The summed E-state index contributed by atoms with van der Waals surface area (Å²) in [4.78, 5) is 17.8. The van der Waals surface area contributed by atoms with Gasteiger partial charge >= 0.3 is 0 Å². The highest BCUT2D eigenvalue weighted by Gasteiger charge is 2.16. The van der Waals surface area contributed by atoms with Crippen molar-refractivity contribution in [3.05, 3.63) is 63.6 Å². The average molecular weight is 445 g/mol. The van der Waals surface area contributed by atoms with Crippen molar-refractivity contribution in [1.82, 2.24) is 10.3 Å². The van der Waals surface area contributed by atoms with Gasteiger partial charge in [0.2, 0.25) is 0 Å². The fourth-order valence-electron chi connectivity index (χ4n) is 2.97. The molecule has 0 aliphatic carbocycles. The number of ether oxygens (including phenoxy) is 2. The molecule has 0 radical (unpaired) electrons. The molecule has 0 saturated carbocycles. The zero-order valence-electron chi connectivity index (χ0n) is 17.3.